The predicted molar refractivity (Wildman–Crippen MR) is 104 cm³/mol. The van der Waals surface area contributed by atoms with E-state index in [4.69, 9.17) is 4.74 Å². The minimum Gasteiger partial charge on any atom is -0.478 e. The van der Waals surface area contributed by atoms with Gasteiger partial charge in [-0.3, -0.25) is 9.59 Å². The van der Waals surface area contributed by atoms with E-state index in [1.165, 1.54) is 4.68 Å². The van der Waals surface area contributed by atoms with Crippen molar-refractivity contribution in [2.75, 3.05) is 38.2 Å². The molecule has 0 atom stereocenters. The van der Waals surface area contributed by atoms with Crippen molar-refractivity contribution in [1.82, 2.24) is 24.6 Å². The SMILES string of the molecule is COc1nccnc1N1CCN(C(=O)c2nn(C)c(=O)c3ccccc23)CC1. The van der Waals surface area contributed by atoms with Crippen LogP contribution in [0.3, 0.4) is 0 Å². The van der Waals surface area contributed by atoms with E-state index in [0.717, 1.165) is 0 Å². The van der Waals surface area contributed by atoms with E-state index in [0.29, 0.717) is 54.3 Å². The number of ether oxygens (including phenoxy) is 1. The largest absolute Gasteiger partial charge is 0.478 e. The van der Waals surface area contributed by atoms with E-state index in [-0.39, 0.29) is 11.5 Å². The number of carbonyl (C=O) groups excluding carboxylic acids is 1. The van der Waals surface area contributed by atoms with E-state index < -0.39 is 0 Å². The lowest BCUT2D eigenvalue weighted by atomic mass is 10.1. The number of benzene rings is 1. The van der Waals surface area contributed by atoms with Crippen LogP contribution >= 0.6 is 0 Å². The lowest BCUT2D eigenvalue weighted by Crippen LogP contribution is -2.49. The van der Waals surface area contributed by atoms with Crippen molar-refractivity contribution in [3.8, 4) is 5.88 Å². The lowest BCUT2D eigenvalue weighted by Gasteiger charge is -2.35. The highest BCUT2D eigenvalue weighted by Crippen LogP contribution is 2.24. The Morgan fingerprint density at radius 1 is 1.04 bits per heavy atom. The molecule has 1 aliphatic rings. The molecule has 1 saturated heterocycles. The summed E-state index contributed by atoms with van der Waals surface area (Å²) in [6, 6.07) is 7.07. The van der Waals surface area contributed by atoms with Crippen molar-refractivity contribution < 1.29 is 9.53 Å². The van der Waals surface area contributed by atoms with Gasteiger partial charge in [-0.15, -0.1) is 0 Å². The van der Waals surface area contributed by atoms with Gasteiger partial charge in [0.25, 0.3) is 17.3 Å². The van der Waals surface area contributed by atoms with Crippen LogP contribution in [0.5, 0.6) is 5.88 Å². The standard InChI is InChI=1S/C19H20N6O3/c1-23-18(26)14-6-4-3-5-13(14)15(22-23)19(27)25-11-9-24(10-12-25)16-17(28-2)21-8-7-20-16/h3-8H,9-12H2,1-2H3. The number of methoxy groups -OCH3 is 1. The molecular weight excluding hydrogens is 360 g/mol. The maximum Gasteiger partial charge on any atom is 0.275 e. The fourth-order valence-electron chi connectivity index (χ4n) is 3.41. The first-order valence-electron chi connectivity index (χ1n) is 8.95. The molecule has 4 rings (SSSR count). The summed E-state index contributed by atoms with van der Waals surface area (Å²) in [6.45, 7) is 2.23. The number of nitrogens with zero attached hydrogens (tertiary/aromatic N) is 6. The first kappa shape index (κ1) is 17.9. The molecule has 0 saturated carbocycles. The summed E-state index contributed by atoms with van der Waals surface area (Å²) in [5.41, 5.74) is 0.0787. The topological polar surface area (TPSA) is 93.5 Å². The lowest BCUT2D eigenvalue weighted by molar-refractivity contribution is 0.0740. The van der Waals surface area contributed by atoms with Crippen molar-refractivity contribution in [2.24, 2.45) is 7.05 Å². The Balaban J connectivity index is 1.58. The number of rotatable bonds is 3. The normalized spacial score (nSPS) is 14.4. The molecule has 1 amide bonds. The average Bonchev–Trinajstić information content (AvgIpc) is 2.76. The Morgan fingerprint density at radius 3 is 2.43 bits per heavy atom. The van der Waals surface area contributed by atoms with Crippen molar-refractivity contribution in [3.63, 3.8) is 0 Å². The second kappa shape index (κ2) is 7.26. The summed E-state index contributed by atoms with van der Waals surface area (Å²) >= 11 is 0. The van der Waals surface area contributed by atoms with Crippen LogP contribution in [0.25, 0.3) is 10.8 Å². The molecule has 0 aliphatic carbocycles. The second-order valence-corrected chi connectivity index (χ2v) is 6.49. The van der Waals surface area contributed by atoms with Crippen LogP contribution in [0, 0.1) is 0 Å². The van der Waals surface area contributed by atoms with Gasteiger partial charge >= 0.3 is 0 Å². The number of carbonyl (C=O) groups is 1. The van der Waals surface area contributed by atoms with Gasteiger partial charge in [0, 0.05) is 51.0 Å². The fourth-order valence-corrected chi connectivity index (χ4v) is 3.41. The average molecular weight is 380 g/mol. The molecule has 0 N–H and O–H groups in total. The quantitative estimate of drug-likeness (QED) is 0.660. The molecule has 3 aromatic rings. The minimum atomic E-state index is -0.216. The van der Waals surface area contributed by atoms with Crippen molar-refractivity contribution in [1.29, 1.82) is 0 Å². The predicted octanol–water partition coefficient (Wildman–Crippen LogP) is 0.694. The van der Waals surface area contributed by atoms with Crippen molar-refractivity contribution >= 4 is 22.5 Å². The summed E-state index contributed by atoms with van der Waals surface area (Å²) in [7, 11) is 3.12. The number of piperazine rings is 1. The summed E-state index contributed by atoms with van der Waals surface area (Å²) in [4.78, 5) is 37.7. The van der Waals surface area contributed by atoms with E-state index in [9.17, 15) is 9.59 Å². The Bertz CT molecular complexity index is 1090. The number of hydrogen-bond donors (Lipinski definition) is 0. The summed E-state index contributed by atoms with van der Waals surface area (Å²) in [5, 5.41) is 5.31. The van der Waals surface area contributed by atoms with Gasteiger partial charge in [0.05, 0.1) is 12.5 Å². The van der Waals surface area contributed by atoms with Gasteiger partial charge < -0.3 is 14.5 Å². The summed E-state index contributed by atoms with van der Waals surface area (Å²) < 4.78 is 6.50. The van der Waals surface area contributed by atoms with Gasteiger partial charge in [-0.2, -0.15) is 5.10 Å². The van der Waals surface area contributed by atoms with Gasteiger partial charge in [0.2, 0.25) is 0 Å². The maximum absolute atomic E-state index is 13.1. The molecule has 0 bridgehead atoms. The molecule has 3 heterocycles. The molecule has 9 nitrogen and oxygen atoms in total. The summed E-state index contributed by atoms with van der Waals surface area (Å²) in [6.07, 6.45) is 3.20. The third-order valence-electron chi connectivity index (χ3n) is 4.87. The second-order valence-electron chi connectivity index (χ2n) is 6.49. The molecule has 144 valence electrons. The van der Waals surface area contributed by atoms with Crippen LogP contribution in [-0.2, 0) is 7.05 Å². The first-order chi connectivity index (χ1) is 13.6. The molecule has 1 aliphatic heterocycles. The minimum absolute atomic E-state index is 0.183. The molecule has 0 radical (unpaired) electrons. The van der Waals surface area contributed by atoms with Gasteiger partial charge in [0.1, 0.15) is 0 Å². The Kier molecular flexibility index (Phi) is 4.64. The van der Waals surface area contributed by atoms with Crippen LogP contribution in [0.1, 0.15) is 10.5 Å². The molecule has 0 unspecified atom stereocenters. The molecule has 0 spiro atoms. The number of amides is 1. The van der Waals surface area contributed by atoms with Crippen LogP contribution in [0.2, 0.25) is 0 Å². The zero-order chi connectivity index (χ0) is 19.7. The Hall–Kier alpha value is -3.49. The fraction of sp³-hybridized carbons (Fsp3) is 0.316. The Labute approximate surface area is 161 Å². The molecule has 1 aromatic carbocycles. The zero-order valence-electron chi connectivity index (χ0n) is 15.7. The van der Waals surface area contributed by atoms with Crippen molar-refractivity contribution in [2.45, 2.75) is 0 Å². The van der Waals surface area contributed by atoms with Crippen LogP contribution < -0.4 is 15.2 Å². The number of aromatic nitrogens is 4. The molecule has 9 heteroatoms. The van der Waals surface area contributed by atoms with Gasteiger partial charge in [0.15, 0.2) is 11.5 Å². The van der Waals surface area contributed by atoms with E-state index in [1.807, 2.05) is 4.90 Å². The van der Waals surface area contributed by atoms with Gasteiger partial charge in [-0.1, -0.05) is 18.2 Å². The van der Waals surface area contributed by atoms with Crippen LogP contribution in [-0.4, -0.2) is 63.8 Å². The highest BCUT2D eigenvalue weighted by molar-refractivity contribution is 6.04. The third kappa shape index (κ3) is 3.04. The van der Waals surface area contributed by atoms with Gasteiger partial charge in [-0.25, -0.2) is 14.6 Å². The molecule has 1 fully saturated rings. The highest BCUT2D eigenvalue weighted by atomic mass is 16.5. The molecule has 28 heavy (non-hydrogen) atoms. The third-order valence-corrected chi connectivity index (χ3v) is 4.87. The van der Waals surface area contributed by atoms with E-state index >= 15 is 0 Å². The highest BCUT2D eigenvalue weighted by Gasteiger charge is 2.27. The number of hydrogen-bond acceptors (Lipinski definition) is 7. The number of anilines is 1. The zero-order valence-corrected chi connectivity index (χ0v) is 15.7. The van der Waals surface area contributed by atoms with Crippen LogP contribution in [0.15, 0.2) is 41.5 Å². The first-order valence-corrected chi connectivity index (χ1v) is 8.95. The van der Waals surface area contributed by atoms with Crippen LogP contribution in [0.4, 0.5) is 5.82 Å². The van der Waals surface area contributed by atoms with E-state index in [2.05, 4.69) is 15.1 Å². The summed E-state index contributed by atoms with van der Waals surface area (Å²) in [5.74, 6) is 0.952. The molecular formula is C19H20N6O3. The van der Waals surface area contributed by atoms with E-state index in [1.54, 1.807) is 55.7 Å². The Morgan fingerprint density at radius 2 is 1.71 bits per heavy atom. The number of fused-ring (bicyclic) bond motifs is 1. The van der Waals surface area contributed by atoms with Gasteiger partial charge in [-0.05, 0) is 6.07 Å². The number of aryl methyl sites for hydroxylation is 1. The molecule has 2 aromatic heterocycles. The monoisotopic (exact) mass is 380 g/mol. The smallest absolute Gasteiger partial charge is 0.275 e. The maximum atomic E-state index is 13.1. The van der Waals surface area contributed by atoms with Crippen molar-refractivity contribution in [3.05, 3.63) is 52.7 Å².